The molecule has 1 fully saturated rings. The molecule has 450 valence electrons. The Morgan fingerprint density at radius 1 is 0.864 bits per heavy atom. The minimum Gasteiger partial charge on any atom is -0.420 e. The number of hydrogen-bond donors (Lipinski definition) is 3. The van der Waals surface area contributed by atoms with E-state index >= 15 is 0 Å². The van der Waals surface area contributed by atoms with E-state index in [1.807, 2.05) is 18.2 Å². The van der Waals surface area contributed by atoms with Crippen molar-refractivity contribution in [3.63, 3.8) is 0 Å². The Labute approximate surface area is 477 Å². The summed E-state index contributed by atoms with van der Waals surface area (Å²) < 4.78 is 124. The molecule has 0 spiro atoms. The molecule has 4 atom stereocenters. The monoisotopic (exact) mass is 1230 g/mol. The molecular formula is C50H71ClF3N8O16P2S+. The molecule has 6 rings (SSSR count). The number of halogens is 4. The Bertz CT molecular complexity index is 2630. The smallest absolute Gasteiger partial charge is 0.420 e. The number of hydrogen-bond acceptors (Lipinski definition) is 21. The fourth-order valence-electron chi connectivity index (χ4n) is 7.43. The van der Waals surface area contributed by atoms with Gasteiger partial charge in [-0.05, 0) is 47.4 Å². The summed E-state index contributed by atoms with van der Waals surface area (Å²) in [5.41, 5.74) is 2.30. The lowest BCUT2D eigenvalue weighted by Gasteiger charge is -2.20. The molecule has 3 aromatic heterocycles. The van der Waals surface area contributed by atoms with Gasteiger partial charge in [-0.2, -0.15) is 26.8 Å². The van der Waals surface area contributed by atoms with Crippen LogP contribution in [0.15, 0.2) is 54.9 Å². The Kier molecular flexibility index (Phi) is 32.1. The molecule has 1 aliphatic heterocycles. The largest absolute Gasteiger partial charge is 0.504 e. The molecule has 1 aliphatic rings. The van der Waals surface area contributed by atoms with Crippen LogP contribution in [0.4, 0.5) is 19.0 Å². The summed E-state index contributed by atoms with van der Waals surface area (Å²) in [6, 6.07) is 10.8. The van der Waals surface area contributed by atoms with Gasteiger partial charge < -0.3 is 62.5 Å². The summed E-state index contributed by atoms with van der Waals surface area (Å²) in [6.07, 6.45) is 4.91. The zero-order valence-electron chi connectivity index (χ0n) is 45.2. The molecule has 81 heavy (non-hydrogen) atoms. The molecule has 0 saturated carbocycles. The van der Waals surface area contributed by atoms with E-state index in [2.05, 4.69) is 52.1 Å². The van der Waals surface area contributed by atoms with Gasteiger partial charge in [-0.3, -0.25) is 9.36 Å². The number of aromatic nitrogens is 7. The van der Waals surface area contributed by atoms with Crippen LogP contribution in [0.25, 0.3) is 11.0 Å². The maximum Gasteiger partial charge on any atom is 0.504 e. The Morgan fingerprint density at radius 2 is 1.46 bits per heavy atom. The Hall–Kier alpha value is -4.32. The van der Waals surface area contributed by atoms with Crippen LogP contribution in [0.3, 0.4) is 0 Å². The lowest BCUT2D eigenvalue weighted by Crippen LogP contribution is -2.16. The zero-order valence-corrected chi connectivity index (χ0v) is 48.5. The minimum absolute atomic E-state index is 0.0523. The molecule has 0 radical (unpaired) electrons. The molecule has 0 aliphatic carbocycles. The molecule has 31 heteroatoms. The van der Waals surface area contributed by atoms with E-state index in [1.165, 1.54) is 13.8 Å². The number of nitrogens with zero attached hydrogens (tertiary/aromatic N) is 7. The number of anilines is 1. The zero-order chi connectivity index (χ0) is 58.1. The summed E-state index contributed by atoms with van der Waals surface area (Å²) in [5.74, 6) is -3.58. The summed E-state index contributed by atoms with van der Waals surface area (Å²) in [6.45, 7) is 7.59. The minimum atomic E-state index is -4.05. The summed E-state index contributed by atoms with van der Waals surface area (Å²) in [4.78, 5) is 39.2. The number of benzene rings is 2. The number of carbonyl (C=O) groups is 1. The first kappa shape index (κ1) is 67.5. The molecule has 5 aromatic rings. The van der Waals surface area contributed by atoms with E-state index in [0.29, 0.717) is 146 Å². The Morgan fingerprint density at radius 3 is 2.07 bits per heavy atom. The van der Waals surface area contributed by atoms with Crippen LogP contribution in [0.5, 0.6) is 5.75 Å². The van der Waals surface area contributed by atoms with E-state index < -0.39 is 44.8 Å². The molecule has 2 aromatic carbocycles. The van der Waals surface area contributed by atoms with Crippen molar-refractivity contribution < 1.29 is 88.8 Å². The average molecular weight is 1230 g/mol. The van der Waals surface area contributed by atoms with Crippen LogP contribution in [-0.2, 0) is 74.2 Å². The highest BCUT2D eigenvalue weighted by atomic mass is 35.5. The van der Waals surface area contributed by atoms with Crippen molar-refractivity contribution in [1.82, 2.24) is 34.7 Å². The highest BCUT2D eigenvalue weighted by Gasteiger charge is 2.30. The van der Waals surface area contributed by atoms with Crippen molar-refractivity contribution in [3.05, 3.63) is 88.9 Å². The second-order valence-electron chi connectivity index (χ2n) is 17.5. The van der Waals surface area contributed by atoms with Crippen LogP contribution in [0.2, 0.25) is 5.28 Å². The number of esters is 1. The normalized spacial score (nSPS) is 15.0. The van der Waals surface area contributed by atoms with Gasteiger partial charge in [-0.15, -0.1) is 9.62 Å². The first-order valence-corrected chi connectivity index (χ1v) is 31.0. The third-order valence-electron chi connectivity index (χ3n) is 11.3. The predicted octanol–water partition coefficient (Wildman–Crippen LogP) is 7.34. The highest BCUT2D eigenvalue weighted by Crippen LogP contribution is 2.38. The van der Waals surface area contributed by atoms with Crippen LogP contribution in [0.1, 0.15) is 55.6 Å². The van der Waals surface area contributed by atoms with Gasteiger partial charge in [0.2, 0.25) is 11.0 Å². The van der Waals surface area contributed by atoms with Gasteiger partial charge in [0, 0.05) is 29.8 Å². The second kappa shape index (κ2) is 38.5. The number of fused-ring (bicyclic) bond motifs is 1. The third kappa shape index (κ3) is 27.3. The number of thioether (sulfide) groups is 1. The van der Waals surface area contributed by atoms with Crippen molar-refractivity contribution in [2.45, 2.75) is 63.6 Å². The predicted molar refractivity (Wildman–Crippen MR) is 292 cm³/mol. The topological polar surface area (TPSA) is 280 Å². The fraction of sp³-hybridized carbons (Fsp3) is 0.600. The van der Waals surface area contributed by atoms with E-state index in [4.69, 9.17) is 54.2 Å². The van der Waals surface area contributed by atoms with Crippen LogP contribution < -0.4 is 10.1 Å². The summed E-state index contributed by atoms with van der Waals surface area (Å²) in [5, 5.41) is 17.1. The number of nitrogens with one attached hydrogen (secondary N) is 1. The molecule has 24 nitrogen and oxygen atoms in total. The number of carbonyl (C=O) groups excluding carboxylic acids is 1. The first-order valence-electron chi connectivity index (χ1n) is 26.0. The quantitative estimate of drug-likeness (QED) is 0.0113. The van der Waals surface area contributed by atoms with Crippen LogP contribution >= 0.6 is 39.0 Å². The van der Waals surface area contributed by atoms with Crippen LogP contribution in [0, 0.1) is 17.5 Å². The maximum atomic E-state index is 13.6. The molecule has 0 amide bonds. The molecule has 3 N–H and O–H groups in total. The van der Waals surface area contributed by atoms with E-state index in [9.17, 15) is 36.9 Å². The van der Waals surface area contributed by atoms with E-state index in [1.54, 1.807) is 33.5 Å². The summed E-state index contributed by atoms with van der Waals surface area (Å²) >= 11 is 8.19. The highest BCUT2D eigenvalue weighted by molar-refractivity contribution is 7.99. The maximum absolute atomic E-state index is 13.6. The van der Waals surface area contributed by atoms with Gasteiger partial charge in [0.1, 0.15) is 17.3 Å². The molecule has 4 heterocycles. The average Bonchev–Trinajstić information content (AvgIpc) is 4.22. The van der Waals surface area contributed by atoms with Gasteiger partial charge in [-0.25, -0.2) is 22.5 Å². The molecular weight excluding hydrogens is 1160 g/mol. The van der Waals surface area contributed by atoms with Crippen molar-refractivity contribution in [2.75, 3.05) is 136 Å². The molecule has 0 bridgehead atoms. The number of rotatable bonds is 41. The third-order valence-corrected chi connectivity index (χ3v) is 14.0. The van der Waals surface area contributed by atoms with E-state index in [-0.39, 0.29) is 56.1 Å². The standard InChI is InChI=1S/C48H65ClF3N8O14PS.C2H6O2P/c49-48-55-46(39-31-53-60(47(39)56-48)43-9-8-38(73-43)7-4-27-75(62,63)64)54-42(35-5-2-1-3-6-35)34-76-28-26-71-23-22-69-20-21-70-24-25-72-33-37-32-59(58-57-37)11-13-66-15-17-68-19-18-67-16-14-65-12-10-44(61)74-45-40(51)29-36(50)30-41(45)52;1-4-5(2)3/h1-3,5-6,29-32,38,42-43H,4,7-28,33-34H2,(H,54,55,56)(H2,62,63,64);1-2H3/q;+1. The first-order chi connectivity index (χ1) is 39.2. The van der Waals surface area contributed by atoms with Crippen LogP contribution in [-0.4, -0.2) is 187 Å². The van der Waals surface area contributed by atoms with Gasteiger partial charge in [0.05, 0.1) is 156 Å². The van der Waals surface area contributed by atoms with Gasteiger partial charge in [0.25, 0.3) is 0 Å². The van der Waals surface area contributed by atoms with E-state index in [0.717, 1.165) is 23.5 Å². The summed E-state index contributed by atoms with van der Waals surface area (Å²) in [7, 11) is -3.98. The van der Waals surface area contributed by atoms with Gasteiger partial charge in [-0.1, -0.05) is 35.5 Å². The number of ether oxygens (including phenoxy) is 10. The molecule has 4 unspecified atom stereocenters. The van der Waals surface area contributed by atoms with Crippen molar-refractivity contribution >= 4 is 61.8 Å². The van der Waals surface area contributed by atoms with Crippen molar-refractivity contribution in [3.8, 4) is 5.75 Å². The molecule has 1 saturated heterocycles. The SMILES string of the molecule is CO[P+](C)=O.O=C(CCOCCOCCOCCOCCn1cc(COCCOCCOCCOCCSCC(Nc2nc(Cl)nc3c2cnn3C2CCC(CCCP(=O)(O)O)O2)c2ccccc2)nn1)Oc1c(F)cc(F)cc1F. The lowest BCUT2D eigenvalue weighted by molar-refractivity contribution is -0.136. The van der Waals surface area contributed by atoms with Crippen molar-refractivity contribution in [1.29, 1.82) is 0 Å². The fourth-order valence-corrected chi connectivity index (χ4v) is 9.10. The second-order valence-corrected chi connectivity index (χ2v) is 22.0. The van der Waals surface area contributed by atoms with Gasteiger partial charge in [0.15, 0.2) is 30.2 Å². The van der Waals surface area contributed by atoms with Gasteiger partial charge >= 0.3 is 21.6 Å². The lowest BCUT2D eigenvalue weighted by atomic mass is 10.1. The Balaban J connectivity index is 0.00000230. The van der Waals surface area contributed by atoms with Crippen molar-refractivity contribution in [2.24, 2.45) is 0 Å².